The van der Waals surface area contributed by atoms with E-state index in [1.807, 2.05) is 63.2 Å². The summed E-state index contributed by atoms with van der Waals surface area (Å²) in [7, 11) is 3.34. The molecule has 0 amide bonds. The zero-order valence-corrected chi connectivity index (χ0v) is 22.3. The van der Waals surface area contributed by atoms with Crippen molar-refractivity contribution in [2.24, 2.45) is 18.1 Å². The van der Waals surface area contributed by atoms with Gasteiger partial charge in [-0.1, -0.05) is 35.5 Å². The van der Waals surface area contributed by atoms with Crippen LogP contribution in [0.25, 0.3) is 11.0 Å². The highest BCUT2D eigenvalue weighted by Gasteiger charge is 2.37. The van der Waals surface area contributed by atoms with Gasteiger partial charge in [0, 0.05) is 20.0 Å². The second-order valence-electron chi connectivity index (χ2n) is 10.7. The Bertz CT molecular complexity index is 1510. The van der Waals surface area contributed by atoms with Crippen LogP contribution in [0.4, 0.5) is 5.69 Å². The Hall–Kier alpha value is -4.21. The molecule has 1 saturated carbocycles. The van der Waals surface area contributed by atoms with Crippen molar-refractivity contribution in [1.82, 2.24) is 9.55 Å². The highest BCUT2D eigenvalue weighted by atomic mass is 16.6. The van der Waals surface area contributed by atoms with Crippen LogP contribution < -0.4 is 10.5 Å². The van der Waals surface area contributed by atoms with Gasteiger partial charge in [0.15, 0.2) is 0 Å². The summed E-state index contributed by atoms with van der Waals surface area (Å²) in [5, 5.41) is 35.2. The molecular formula is C29H32N6O3. The predicted octanol–water partition coefficient (Wildman–Crippen LogP) is 3.86. The zero-order chi connectivity index (χ0) is 27.6. The molecule has 2 aromatic heterocycles. The summed E-state index contributed by atoms with van der Waals surface area (Å²) in [5.74, 6) is -0.0430. The fourth-order valence-corrected chi connectivity index (χ4v) is 5.05. The number of aliphatic hydroxyl groups is 1. The Balaban J connectivity index is 1.70. The molecule has 4 rings (SSSR count). The molecule has 2 heterocycles. The number of hydrogen-bond acceptors (Lipinski definition) is 8. The van der Waals surface area contributed by atoms with Gasteiger partial charge in [0.25, 0.3) is 5.56 Å². The van der Waals surface area contributed by atoms with Gasteiger partial charge in [-0.3, -0.25) is 4.79 Å². The molecular weight excluding hydrogens is 480 g/mol. The maximum absolute atomic E-state index is 13.0. The van der Waals surface area contributed by atoms with Crippen molar-refractivity contribution in [3.8, 4) is 12.1 Å². The largest absolute Gasteiger partial charge is 0.391 e. The number of likely N-dealkylation sites (N-methyl/N-ethyl adjacent to an activating group) is 1. The zero-order valence-electron chi connectivity index (χ0n) is 22.3. The van der Waals surface area contributed by atoms with Crippen molar-refractivity contribution in [1.29, 1.82) is 10.5 Å². The number of benzene rings is 1. The lowest BCUT2D eigenvalue weighted by atomic mass is 9.79. The summed E-state index contributed by atoms with van der Waals surface area (Å²) in [6.45, 7) is 5.81. The van der Waals surface area contributed by atoms with Crippen LogP contribution in [0.1, 0.15) is 56.9 Å². The van der Waals surface area contributed by atoms with Gasteiger partial charge in [-0.05, 0) is 57.7 Å². The van der Waals surface area contributed by atoms with E-state index in [1.54, 1.807) is 31.1 Å². The lowest BCUT2D eigenvalue weighted by Gasteiger charge is -2.40. The van der Waals surface area contributed by atoms with Crippen LogP contribution in [-0.4, -0.2) is 45.2 Å². The first-order valence-electron chi connectivity index (χ1n) is 12.6. The highest BCUT2D eigenvalue weighted by molar-refractivity contribution is 6.02. The van der Waals surface area contributed by atoms with Crippen LogP contribution in [0.15, 0.2) is 52.4 Å². The van der Waals surface area contributed by atoms with Gasteiger partial charge in [0.2, 0.25) is 0 Å². The maximum Gasteiger partial charge on any atom is 0.270 e. The highest BCUT2D eigenvalue weighted by Crippen LogP contribution is 2.35. The van der Waals surface area contributed by atoms with E-state index < -0.39 is 17.3 Å². The van der Waals surface area contributed by atoms with Gasteiger partial charge in [0.05, 0.1) is 29.1 Å². The molecule has 3 aromatic rings. The molecule has 1 aliphatic carbocycles. The molecule has 1 fully saturated rings. The van der Waals surface area contributed by atoms with Crippen molar-refractivity contribution in [2.45, 2.75) is 57.8 Å². The van der Waals surface area contributed by atoms with Gasteiger partial charge in [-0.25, -0.2) is 4.98 Å². The molecule has 1 N–H and O–H groups in total. The van der Waals surface area contributed by atoms with Gasteiger partial charge in [-0.2, -0.15) is 10.5 Å². The van der Waals surface area contributed by atoms with Gasteiger partial charge < -0.3 is 19.4 Å². The van der Waals surface area contributed by atoms with Crippen molar-refractivity contribution >= 4 is 22.4 Å². The third-order valence-corrected chi connectivity index (χ3v) is 6.95. The Labute approximate surface area is 222 Å². The van der Waals surface area contributed by atoms with E-state index in [1.165, 1.54) is 4.57 Å². The van der Waals surface area contributed by atoms with Gasteiger partial charge >= 0.3 is 0 Å². The second kappa shape index (κ2) is 10.6. The number of aliphatic hydroxyl groups excluding tert-OH is 1. The standard InChI is InChI=1S/C29H32N6O3/c1-29(2,3)38-33-25(18-9-7-6-8-10-18)19-11-13-22(24(36)15-19)34(4)27-21(17-31)28(37)35(5)23-14-12-20(16-30)32-26(23)27/h6-10,12,14,19,22,24,36H,11,13,15H2,1-5H3/b33-25+/t19-,22+,24-/m0/s1. The van der Waals surface area contributed by atoms with Crippen LogP contribution in [0, 0.1) is 28.6 Å². The van der Waals surface area contributed by atoms with Crippen LogP contribution in [-0.2, 0) is 11.9 Å². The van der Waals surface area contributed by atoms with E-state index in [-0.39, 0.29) is 23.2 Å². The van der Waals surface area contributed by atoms with Gasteiger partial charge in [-0.15, -0.1) is 0 Å². The smallest absolute Gasteiger partial charge is 0.270 e. The van der Waals surface area contributed by atoms with E-state index in [0.29, 0.717) is 29.6 Å². The summed E-state index contributed by atoms with van der Waals surface area (Å²) in [5.41, 5.74) is 2.16. The first-order valence-corrected chi connectivity index (χ1v) is 12.6. The number of anilines is 1. The number of aryl methyl sites for hydroxylation is 1. The van der Waals surface area contributed by atoms with Crippen molar-refractivity contribution < 1.29 is 9.94 Å². The minimum atomic E-state index is -0.771. The predicted molar refractivity (Wildman–Crippen MR) is 146 cm³/mol. The Morgan fingerprint density at radius 3 is 2.47 bits per heavy atom. The quantitative estimate of drug-likeness (QED) is 0.406. The van der Waals surface area contributed by atoms with Crippen molar-refractivity contribution in [3.63, 3.8) is 0 Å². The number of oxime groups is 1. The summed E-state index contributed by atoms with van der Waals surface area (Å²) < 4.78 is 1.37. The molecule has 1 aliphatic rings. The van der Waals surface area contributed by atoms with Gasteiger partial charge in [0.1, 0.15) is 34.5 Å². The van der Waals surface area contributed by atoms with E-state index in [2.05, 4.69) is 10.1 Å². The van der Waals surface area contributed by atoms with E-state index in [0.717, 1.165) is 17.7 Å². The van der Waals surface area contributed by atoms with Crippen LogP contribution in [0.5, 0.6) is 0 Å². The normalized spacial score (nSPS) is 20.0. The maximum atomic E-state index is 13.0. The first-order chi connectivity index (χ1) is 18.1. The Morgan fingerprint density at radius 2 is 1.87 bits per heavy atom. The molecule has 9 heteroatoms. The minimum Gasteiger partial charge on any atom is -0.391 e. The SMILES string of the molecule is CN(c1c(C#N)c(=O)n(C)c2ccc(C#N)nc12)[C@@H]1CC[C@H](/C(=N/OC(C)(C)C)c2ccccc2)C[C@@H]1O. The van der Waals surface area contributed by atoms with Crippen LogP contribution >= 0.6 is 0 Å². The molecule has 1 aromatic carbocycles. The molecule has 196 valence electrons. The fraction of sp³-hybridized carbons (Fsp3) is 0.414. The molecule has 38 heavy (non-hydrogen) atoms. The molecule has 0 bridgehead atoms. The number of nitriles is 2. The molecule has 0 radical (unpaired) electrons. The van der Waals surface area contributed by atoms with Crippen LogP contribution in [0.3, 0.4) is 0 Å². The van der Waals surface area contributed by atoms with E-state index in [4.69, 9.17) is 4.84 Å². The Kier molecular flexibility index (Phi) is 7.52. The summed E-state index contributed by atoms with van der Waals surface area (Å²) in [4.78, 5) is 25.1. The van der Waals surface area contributed by atoms with Crippen LogP contribution in [0.2, 0.25) is 0 Å². The number of pyridine rings is 2. The molecule has 3 atom stereocenters. The number of rotatable bonds is 5. The topological polar surface area (TPSA) is 128 Å². The van der Waals surface area contributed by atoms with Crippen molar-refractivity contribution in [2.75, 3.05) is 11.9 Å². The summed E-state index contributed by atoms with van der Waals surface area (Å²) >= 11 is 0. The Morgan fingerprint density at radius 1 is 1.16 bits per heavy atom. The fourth-order valence-electron chi connectivity index (χ4n) is 5.05. The average Bonchev–Trinajstić information content (AvgIpc) is 2.90. The molecule has 0 spiro atoms. The minimum absolute atomic E-state index is 0.0430. The third-order valence-electron chi connectivity index (χ3n) is 6.95. The average molecular weight is 513 g/mol. The molecule has 0 saturated heterocycles. The lowest BCUT2D eigenvalue weighted by molar-refractivity contribution is -0.000634. The summed E-state index contributed by atoms with van der Waals surface area (Å²) in [6.07, 6.45) is 0.961. The third kappa shape index (κ3) is 5.25. The lowest BCUT2D eigenvalue weighted by Crippen LogP contribution is -2.47. The number of hydrogen-bond donors (Lipinski definition) is 1. The van der Waals surface area contributed by atoms with Crippen molar-refractivity contribution in [3.05, 3.63) is 69.6 Å². The molecule has 0 aliphatic heterocycles. The number of aromatic nitrogens is 2. The molecule has 9 nitrogen and oxygen atoms in total. The number of nitrogens with zero attached hydrogens (tertiary/aromatic N) is 6. The monoisotopic (exact) mass is 512 g/mol. The second-order valence-corrected chi connectivity index (χ2v) is 10.7. The molecule has 0 unspecified atom stereocenters. The number of fused-ring (bicyclic) bond motifs is 1. The van der Waals surface area contributed by atoms with E-state index >= 15 is 0 Å². The van der Waals surface area contributed by atoms with E-state index in [9.17, 15) is 20.4 Å². The summed E-state index contributed by atoms with van der Waals surface area (Å²) in [6, 6.07) is 16.7. The first kappa shape index (κ1) is 26.8.